The molecule has 16 heavy (non-hydrogen) atoms. The molecule has 2 rings (SSSR count). The highest BCUT2D eigenvalue weighted by atomic mass is 16.3. The van der Waals surface area contributed by atoms with Crippen molar-refractivity contribution in [3.63, 3.8) is 0 Å². The fourth-order valence-corrected chi connectivity index (χ4v) is 2.85. The standard InChI is InChI=1S/C14H23NO/c1-2-15-13(10-12-6-3-4-7-12)11-14-8-5-9-16-14/h5,8-9,12-13,15H,2-4,6-7,10-11H2,1H3. The second-order valence-corrected chi connectivity index (χ2v) is 4.92. The maximum absolute atomic E-state index is 5.43. The van der Waals surface area contributed by atoms with Gasteiger partial charge in [-0.3, -0.25) is 0 Å². The van der Waals surface area contributed by atoms with Crippen LogP contribution in [0, 0.1) is 5.92 Å². The Kier molecular flexibility index (Phi) is 4.46. The minimum atomic E-state index is 0.597. The first-order valence-electron chi connectivity index (χ1n) is 6.64. The first kappa shape index (κ1) is 11.7. The van der Waals surface area contributed by atoms with Crippen LogP contribution in [-0.4, -0.2) is 12.6 Å². The average molecular weight is 221 g/mol. The Morgan fingerprint density at radius 2 is 2.25 bits per heavy atom. The van der Waals surface area contributed by atoms with Crippen molar-refractivity contribution in [3.8, 4) is 0 Å². The van der Waals surface area contributed by atoms with Crippen molar-refractivity contribution in [2.45, 2.75) is 51.5 Å². The number of nitrogens with one attached hydrogen (secondary N) is 1. The summed E-state index contributed by atoms with van der Waals surface area (Å²) in [7, 11) is 0. The molecule has 1 aliphatic carbocycles. The number of rotatable bonds is 6. The molecule has 0 bridgehead atoms. The van der Waals surface area contributed by atoms with Crippen LogP contribution in [0.3, 0.4) is 0 Å². The van der Waals surface area contributed by atoms with E-state index in [1.165, 1.54) is 32.1 Å². The molecule has 1 atom stereocenters. The third kappa shape index (κ3) is 3.38. The Morgan fingerprint density at radius 3 is 2.88 bits per heavy atom. The van der Waals surface area contributed by atoms with Gasteiger partial charge in [-0.05, 0) is 31.0 Å². The minimum Gasteiger partial charge on any atom is -0.469 e. The Labute approximate surface area is 98.4 Å². The molecule has 0 spiro atoms. The highest BCUT2D eigenvalue weighted by Crippen LogP contribution is 2.29. The number of hydrogen-bond donors (Lipinski definition) is 1. The van der Waals surface area contributed by atoms with Gasteiger partial charge >= 0.3 is 0 Å². The van der Waals surface area contributed by atoms with Crippen molar-refractivity contribution >= 4 is 0 Å². The predicted molar refractivity (Wildman–Crippen MR) is 66.5 cm³/mol. The van der Waals surface area contributed by atoms with E-state index in [-0.39, 0.29) is 0 Å². The third-order valence-electron chi connectivity index (χ3n) is 3.61. The summed E-state index contributed by atoms with van der Waals surface area (Å²) in [6, 6.07) is 4.66. The molecule has 90 valence electrons. The molecule has 0 radical (unpaired) electrons. The second-order valence-electron chi connectivity index (χ2n) is 4.92. The normalized spacial score (nSPS) is 19.1. The van der Waals surface area contributed by atoms with Crippen molar-refractivity contribution in [2.75, 3.05) is 6.54 Å². The van der Waals surface area contributed by atoms with Crippen molar-refractivity contribution in [1.82, 2.24) is 5.32 Å². The van der Waals surface area contributed by atoms with Gasteiger partial charge in [0.05, 0.1) is 6.26 Å². The van der Waals surface area contributed by atoms with Crippen LogP contribution in [-0.2, 0) is 6.42 Å². The van der Waals surface area contributed by atoms with E-state index in [4.69, 9.17) is 4.42 Å². The molecule has 0 aliphatic heterocycles. The van der Waals surface area contributed by atoms with Gasteiger partial charge in [0.15, 0.2) is 0 Å². The molecular formula is C14H23NO. The summed E-state index contributed by atoms with van der Waals surface area (Å²) >= 11 is 0. The molecule has 1 unspecified atom stereocenters. The van der Waals surface area contributed by atoms with E-state index in [0.29, 0.717) is 6.04 Å². The van der Waals surface area contributed by atoms with Crippen LogP contribution < -0.4 is 5.32 Å². The summed E-state index contributed by atoms with van der Waals surface area (Å²) in [6.45, 7) is 3.24. The van der Waals surface area contributed by atoms with Crippen LogP contribution >= 0.6 is 0 Å². The molecule has 1 N–H and O–H groups in total. The first-order chi connectivity index (χ1) is 7.88. The van der Waals surface area contributed by atoms with Crippen LogP contribution in [0.4, 0.5) is 0 Å². The van der Waals surface area contributed by atoms with Gasteiger partial charge in [-0.25, -0.2) is 0 Å². The minimum absolute atomic E-state index is 0.597. The zero-order valence-corrected chi connectivity index (χ0v) is 10.2. The summed E-state index contributed by atoms with van der Waals surface area (Å²) in [6.07, 6.45) is 9.86. The Bertz CT molecular complexity index is 275. The van der Waals surface area contributed by atoms with Gasteiger partial charge in [0, 0.05) is 12.5 Å². The maximum atomic E-state index is 5.43. The third-order valence-corrected chi connectivity index (χ3v) is 3.61. The largest absolute Gasteiger partial charge is 0.469 e. The van der Waals surface area contributed by atoms with E-state index in [1.807, 2.05) is 6.07 Å². The summed E-state index contributed by atoms with van der Waals surface area (Å²) in [5, 5.41) is 3.59. The van der Waals surface area contributed by atoms with E-state index in [0.717, 1.165) is 24.6 Å². The van der Waals surface area contributed by atoms with Gasteiger partial charge in [-0.2, -0.15) is 0 Å². The molecule has 0 saturated heterocycles. The van der Waals surface area contributed by atoms with Gasteiger partial charge in [0.25, 0.3) is 0 Å². The maximum Gasteiger partial charge on any atom is 0.105 e. The van der Waals surface area contributed by atoms with Crippen LogP contribution in [0.25, 0.3) is 0 Å². The zero-order chi connectivity index (χ0) is 11.2. The Balaban J connectivity index is 1.83. The lowest BCUT2D eigenvalue weighted by atomic mass is 9.96. The zero-order valence-electron chi connectivity index (χ0n) is 10.2. The number of hydrogen-bond acceptors (Lipinski definition) is 2. The summed E-state index contributed by atoms with van der Waals surface area (Å²) in [4.78, 5) is 0. The molecule has 0 amide bonds. The molecule has 1 saturated carbocycles. The molecule has 0 aromatic carbocycles. The predicted octanol–water partition coefficient (Wildman–Crippen LogP) is 3.38. The summed E-state index contributed by atoms with van der Waals surface area (Å²) in [5.74, 6) is 2.06. The molecule has 1 fully saturated rings. The molecule has 1 heterocycles. The smallest absolute Gasteiger partial charge is 0.105 e. The number of furan rings is 1. The molecular weight excluding hydrogens is 198 g/mol. The van der Waals surface area contributed by atoms with Crippen molar-refractivity contribution < 1.29 is 4.42 Å². The topological polar surface area (TPSA) is 25.2 Å². The van der Waals surface area contributed by atoms with Gasteiger partial charge in [-0.15, -0.1) is 0 Å². The average Bonchev–Trinajstić information content (AvgIpc) is 2.91. The van der Waals surface area contributed by atoms with E-state index >= 15 is 0 Å². The highest BCUT2D eigenvalue weighted by molar-refractivity contribution is 5.00. The summed E-state index contributed by atoms with van der Waals surface area (Å²) < 4.78 is 5.43. The van der Waals surface area contributed by atoms with E-state index < -0.39 is 0 Å². The van der Waals surface area contributed by atoms with Crippen LogP contribution in [0.15, 0.2) is 22.8 Å². The van der Waals surface area contributed by atoms with Crippen molar-refractivity contribution in [3.05, 3.63) is 24.2 Å². The fourth-order valence-electron chi connectivity index (χ4n) is 2.85. The summed E-state index contributed by atoms with van der Waals surface area (Å²) in [5.41, 5.74) is 0. The lowest BCUT2D eigenvalue weighted by Crippen LogP contribution is -2.32. The van der Waals surface area contributed by atoms with Gasteiger partial charge in [0.1, 0.15) is 5.76 Å². The highest BCUT2D eigenvalue weighted by Gasteiger charge is 2.20. The SMILES string of the molecule is CCNC(Cc1ccco1)CC1CCCC1. The van der Waals surface area contributed by atoms with Gasteiger partial charge < -0.3 is 9.73 Å². The lowest BCUT2D eigenvalue weighted by molar-refractivity contribution is 0.368. The van der Waals surface area contributed by atoms with Crippen molar-refractivity contribution in [1.29, 1.82) is 0 Å². The van der Waals surface area contributed by atoms with Crippen molar-refractivity contribution in [2.24, 2.45) is 5.92 Å². The van der Waals surface area contributed by atoms with Crippen LogP contribution in [0.2, 0.25) is 0 Å². The first-order valence-corrected chi connectivity index (χ1v) is 6.64. The van der Waals surface area contributed by atoms with E-state index in [2.05, 4.69) is 18.3 Å². The van der Waals surface area contributed by atoms with Crippen LogP contribution in [0.5, 0.6) is 0 Å². The van der Waals surface area contributed by atoms with E-state index in [9.17, 15) is 0 Å². The lowest BCUT2D eigenvalue weighted by Gasteiger charge is -2.20. The van der Waals surface area contributed by atoms with Gasteiger partial charge in [0.2, 0.25) is 0 Å². The molecule has 1 aromatic rings. The quantitative estimate of drug-likeness (QED) is 0.796. The number of likely N-dealkylation sites (N-methyl/N-ethyl adjacent to an activating group) is 1. The van der Waals surface area contributed by atoms with E-state index in [1.54, 1.807) is 6.26 Å². The molecule has 2 heteroatoms. The second kappa shape index (κ2) is 6.09. The fraction of sp³-hybridized carbons (Fsp3) is 0.714. The monoisotopic (exact) mass is 221 g/mol. The van der Waals surface area contributed by atoms with Gasteiger partial charge in [-0.1, -0.05) is 32.6 Å². The Morgan fingerprint density at radius 1 is 1.44 bits per heavy atom. The molecule has 1 aromatic heterocycles. The van der Waals surface area contributed by atoms with Crippen LogP contribution in [0.1, 0.15) is 44.8 Å². The molecule has 1 aliphatic rings. The molecule has 2 nitrogen and oxygen atoms in total. The Hall–Kier alpha value is -0.760.